The minimum atomic E-state index is -0.283. The van der Waals surface area contributed by atoms with E-state index < -0.39 is 0 Å². The van der Waals surface area contributed by atoms with E-state index in [9.17, 15) is 4.79 Å². The maximum absolute atomic E-state index is 12.1. The first kappa shape index (κ1) is 17.7. The number of ether oxygens (including phenoxy) is 1. The Hall–Kier alpha value is -4.09. The number of carbonyl (C=O) groups excluding carboxylic acids is 1. The maximum Gasteiger partial charge on any atom is 0.262 e. The number of rotatable bonds is 4. The van der Waals surface area contributed by atoms with Gasteiger partial charge in [-0.1, -0.05) is 18.1 Å². The van der Waals surface area contributed by atoms with Crippen LogP contribution < -0.4 is 10.1 Å². The normalized spacial score (nSPS) is 9.44. The van der Waals surface area contributed by atoms with E-state index in [4.69, 9.17) is 10.00 Å². The lowest BCUT2D eigenvalue weighted by molar-refractivity contribution is -0.118. The average molecular weight is 353 g/mol. The quantitative estimate of drug-likeness (QED) is 0.730. The Morgan fingerprint density at radius 2 is 1.85 bits per heavy atom. The number of nitrogens with one attached hydrogen (secondary N) is 1. The van der Waals surface area contributed by atoms with Crippen LogP contribution in [0.5, 0.6) is 5.75 Å². The van der Waals surface area contributed by atoms with E-state index >= 15 is 0 Å². The van der Waals surface area contributed by atoms with Crippen LogP contribution in [0.1, 0.15) is 16.8 Å². The summed E-state index contributed by atoms with van der Waals surface area (Å²) in [6, 6.07) is 21.4. The molecule has 1 N–H and O–H groups in total. The predicted molar refractivity (Wildman–Crippen MR) is 102 cm³/mol. The number of benzene rings is 2. The molecule has 0 aliphatic carbocycles. The fourth-order valence-corrected chi connectivity index (χ4v) is 2.22. The highest BCUT2D eigenvalue weighted by Crippen LogP contribution is 2.13. The van der Waals surface area contributed by atoms with Crippen molar-refractivity contribution in [2.45, 2.75) is 0 Å². The van der Waals surface area contributed by atoms with Gasteiger partial charge in [0.2, 0.25) is 0 Å². The van der Waals surface area contributed by atoms with Gasteiger partial charge in [-0.2, -0.15) is 5.26 Å². The van der Waals surface area contributed by atoms with Crippen molar-refractivity contribution in [2.75, 3.05) is 11.9 Å². The van der Waals surface area contributed by atoms with E-state index in [1.807, 2.05) is 36.4 Å². The Labute approximate surface area is 157 Å². The lowest BCUT2D eigenvalue weighted by atomic mass is 10.2. The van der Waals surface area contributed by atoms with Crippen molar-refractivity contribution in [1.29, 1.82) is 5.26 Å². The molecule has 0 unspecified atom stereocenters. The molecule has 0 bridgehead atoms. The highest BCUT2D eigenvalue weighted by Gasteiger charge is 2.04. The highest BCUT2D eigenvalue weighted by atomic mass is 16.5. The standard InChI is InChI=1S/C22H15N3O2/c23-15-18-8-11-21(12-9-18)27-16-22(26)25-20-6-3-4-17(14-20)7-10-19-5-1-2-13-24-19/h1-6,8-9,11-14H,16H2,(H,25,26). The molecule has 0 aliphatic rings. The number of nitriles is 1. The highest BCUT2D eigenvalue weighted by molar-refractivity contribution is 5.92. The van der Waals surface area contributed by atoms with Crippen molar-refractivity contribution < 1.29 is 9.53 Å². The molecule has 0 saturated carbocycles. The Morgan fingerprint density at radius 1 is 1.00 bits per heavy atom. The minimum Gasteiger partial charge on any atom is -0.484 e. The molecule has 3 aromatic rings. The molecule has 1 aromatic heterocycles. The van der Waals surface area contributed by atoms with Crippen LogP contribution in [-0.4, -0.2) is 17.5 Å². The zero-order valence-electron chi connectivity index (χ0n) is 14.3. The van der Waals surface area contributed by atoms with Gasteiger partial charge in [0, 0.05) is 17.4 Å². The lowest BCUT2D eigenvalue weighted by Crippen LogP contribution is -2.20. The monoisotopic (exact) mass is 353 g/mol. The molecule has 27 heavy (non-hydrogen) atoms. The molecule has 3 rings (SSSR count). The van der Waals surface area contributed by atoms with Gasteiger partial charge >= 0.3 is 0 Å². The van der Waals surface area contributed by atoms with Crippen LogP contribution >= 0.6 is 0 Å². The van der Waals surface area contributed by atoms with Crippen LogP contribution in [0.25, 0.3) is 0 Å². The molecule has 0 aliphatic heterocycles. The molecule has 0 fully saturated rings. The fourth-order valence-electron chi connectivity index (χ4n) is 2.22. The number of nitrogens with zero attached hydrogens (tertiary/aromatic N) is 2. The van der Waals surface area contributed by atoms with Crippen molar-refractivity contribution in [1.82, 2.24) is 4.98 Å². The topological polar surface area (TPSA) is 75.0 Å². The molecule has 5 nitrogen and oxygen atoms in total. The number of hydrogen-bond donors (Lipinski definition) is 1. The van der Waals surface area contributed by atoms with Gasteiger partial charge in [-0.05, 0) is 60.5 Å². The summed E-state index contributed by atoms with van der Waals surface area (Å²) in [5.74, 6) is 6.24. The van der Waals surface area contributed by atoms with Gasteiger partial charge in [0.1, 0.15) is 11.4 Å². The number of carbonyl (C=O) groups is 1. The predicted octanol–water partition coefficient (Wildman–Crippen LogP) is 3.37. The first-order valence-electron chi connectivity index (χ1n) is 8.19. The Balaban J connectivity index is 1.58. The van der Waals surface area contributed by atoms with Gasteiger partial charge in [-0.25, -0.2) is 4.98 Å². The van der Waals surface area contributed by atoms with E-state index in [0.29, 0.717) is 22.7 Å². The molecule has 0 spiro atoms. The zero-order chi connectivity index (χ0) is 18.9. The van der Waals surface area contributed by atoms with Gasteiger partial charge < -0.3 is 10.1 Å². The third-order valence-electron chi connectivity index (χ3n) is 3.50. The van der Waals surface area contributed by atoms with Crippen LogP contribution in [-0.2, 0) is 4.79 Å². The summed E-state index contributed by atoms with van der Waals surface area (Å²) in [7, 11) is 0. The third kappa shape index (κ3) is 5.45. The van der Waals surface area contributed by atoms with Crippen LogP contribution in [0, 0.1) is 23.2 Å². The second kappa shape index (κ2) is 8.84. The molecule has 1 amide bonds. The van der Waals surface area contributed by atoms with E-state index in [1.165, 1.54) is 0 Å². The third-order valence-corrected chi connectivity index (χ3v) is 3.50. The number of aromatic nitrogens is 1. The largest absolute Gasteiger partial charge is 0.484 e. The number of hydrogen-bond acceptors (Lipinski definition) is 4. The number of anilines is 1. The smallest absolute Gasteiger partial charge is 0.262 e. The molecule has 0 atom stereocenters. The number of pyridine rings is 1. The molecule has 0 saturated heterocycles. The molecular formula is C22H15N3O2. The Bertz CT molecular complexity index is 1030. The van der Waals surface area contributed by atoms with E-state index in [0.717, 1.165) is 5.56 Å². The number of amides is 1. The molecular weight excluding hydrogens is 338 g/mol. The summed E-state index contributed by atoms with van der Waals surface area (Å²) in [4.78, 5) is 16.2. The van der Waals surface area contributed by atoms with Crippen molar-refractivity contribution in [3.05, 3.63) is 89.7 Å². The fraction of sp³-hybridized carbons (Fsp3) is 0.0455. The molecule has 2 aromatic carbocycles. The van der Waals surface area contributed by atoms with Gasteiger partial charge in [-0.3, -0.25) is 4.79 Å². The van der Waals surface area contributed by atoms with Gasteiger partial charge in [-0.15, -0.1) is 0 Å². The molecule has 1 heterocycles. The molecule has 5 heteroatoms. The van der Waals surface area contributed by atoms with Crippen molar-refractivity contribution in [2.24, 2.45) is 0 Å². The summed E-state index contributed by atoms with van der Waals surface area (Å²) in [6.45, 7) is -0.129. The molecule has 130 valence electrons. The summed E-state index contributed by atoms with van der Waals surface area (Å²) in [5.41, 5.74) is 2.63. The summed E-state index contributed by atoms with van der Waals surface area (Å²) < 4.78 is 5.42. The van der Waals surface area contributed by atoms with E-state index in [2.05, 4.69) is 22.1 Å². The van der Waals surface area contributed by atoms with Gasteiger partial charge in [0.25, 0.3) is 5.91 Å². The van der Waals surface area contributed by atoms with Gasteiger partial charge in [0.05, 0.1) is 11.6 Å². The minimum absolute atomic E-state index is 0.129. The van der Waals surface area contributed by atoms with E-state index in [-0.39, 0.29) is 12.5 Å². The lowest BCUT2D eigenvalue weighted by Gasteiger charge is -2.08. The Morgan fingerprint density at radius 3 is 2.59 bits per heavy atom. The first-order chi connectivity index (χ1) is 13.2. The van der Waals surface area contributed by atoms with Crippen LogP contribution in [0.4, 0.5) is 5.69 Å². The first-order valence-corrected chi connectivity index (χ1v) is 8.19. The summed E-state index contributed by atoms with van der Waals surface area (Å²) >= 11 is 0. The van der Waals surface area contributed by atoms with Crippen molar-refractivity contribution in [3.63, 3.8) is 0 Å². The molecule has 0 radical (unpaired) electrons. The van der Waals surface area contributed by atoms with E-state index in [1.54, 1.807) is 42.6 Å². The second-order valence-electron chi connectivity index (χ2n) is 5.52. The average Bonchev–Trinajstić information content (AvgIpc) is 2.72. The van der Waals surface area contributed by atoms with Crippen LogP contribution in [0.3, 0.4) is 0 Å². The van der Waals surface area contributed by atoms with Crippen LogP contribution in [0.2, 0.25) is 0 Å². The summed E-state index contributed by atoms with van der Waals surface area (Å²) in [6.07, 6.45) is 1.69. The maximum atomic E-state index is 12.1. The van der Waals surface area contributed by atoms with Crippen LogP contribution in [0.15, 0.2) is 72.9 Å². The van der Waals surface area contributed by atoms with Crippen molar-refractivity contribution in [3.8, 4) is 23.7 Å². The SMILES string of the molecule is N#Cc1ccc(OCC(=O)Nc2cccc(C#Cc3ccccn3)c2)cc1. The summed E-state index contributed by atoms with van der Waals surface area (Å²) in [5, 5.41) is 11.5. The Kier molecular flexibility index (Phi) is 5.81. The second-order valence-corrected chi connectivity index (χ2v) is 5.52. The van der Waals surface area contributed by atoms with Gasteiger partial charge in [0.15, 0.2) is 6.61 Å². The zero-order valence-corrected chi connectivity index (χ0v) is 14.3. The van der Waals surface area contributed by atoms with Crippen molar-refractivity contribution >= 4 is 11.6 Å².